The van der Waals surface area contributed by atoms with E-state index in [2.05, 4.69) is 48.5 Å². The Hall–Kier alpha value is -3.52. The summed E-state index contributed by atoms with van der Waals surface area (Å²) in [5.41, 5.74) is 14.6. The van der Waals surface area contributed by atoms with Crippen molar-refractivity contribution < 1.29 is 40.0 Å². The molecule has 12 rings (SSSR count). The van der Waals surface area contributed by atoms with Crippen molar-refractivity contribution >= 4 is 60.4 Å². The van der Waals surface area contributed by atoms with Gasteiger partial charge in [0.2, 0.25) is 0 Å². The van der Waals surface area contributed by atoms with Gasteiger partial charge in [-0.3, -0.25) is 9.05 Å². The number of hydrogen-bond acceptors (Lipinski definition) is 9. The van der Waals surface area contributed by atoms with Crippen molar-refractivity contribution in [1.82, 2.24) is 0 Å². The van der Waals surface area contributed by atoms with Gasteiger partial charge in [-0.05, 0) is 172 Å². The molecular formula is C47H50O9P2. The summed E-state index contributed by atoms with van der Waals surface area (Å²) in [5.74, 6) is 0. The van der Waals surface area contributed by atoms with Gasteiger partial charge in [0.1, 0.15) is 40.6 Å². The van der Waals surface area contributed by atoms with Crippen LogP contribution in [0.4, 0.5) is 0 Å². The first-order valence-corrected chi connectivity index (χ1v) is 23.9. The van der Waals surface area contributed by atoms with E-state index in [0.29, 0.717) is 6.61 Å². The molecule has 2 aromatic heterocycles. The van der Waals surface area contributed by atoms with Gasteiger partial charge in [-0.1, -0.05) is 24.3 Å². The van der Waals surface area contributed by atoms with Gasteiger partial charge in [-0.15, -0.1) is 0 Å². The molecule has 6 aliphatic rings. The summed E-state index contributed by atoms with van der Waals surface area (Å²) in [6, 6.07) is 17.5. The maximum Gasteiger partial charge on any atom is 0.387 e. The van der Waals surface area contributed by atoms with Gasteiger partial charge >= 0.3 is 16.5 Å². The SMILES string of the molecule is CO[C@@H]1O[C@H]2CO[C@H]([C@@H]1Op1oc3ccc4c(c3c3c5c(ccc3o1)CCCC5)CCCC4)[C@H]2Op1oc2ccc3c(c2c2c4c(ccc2o1)CCCC4)CCCC3. The Bertz CT molecular complexity index is 2530. The molecule has 11 heteroatoms. The Balaban J connectivity index is 0.959. The average Bonchev–Trinajstić information content (AvgIpc) is 3.38. The Morgan fingerprint density at radius 3 is 1.21 bits per heavy atom. The third-order valence-electron chi connectivity index (χ3n) is 13.9. The van der Waals surface area contributed by atoms with Crippen molar-refractivity contribution in [3.05, 3.63) is 93.0 Å². The highest BCUT2D eigenvalue weighted by atomic mass is 31.1. The molecule has 6 aromatic rings. The molecule has 4 heterocycles. The van der Waals surface area contributed by atoms with E-state index in [0.717, 1.165) is 73.7 Å². The molecule has 0 amide bonds. The summed E-state index contributed by atoms with van der Waals surface area (Å²) in [4.78, 5) is 0. The van der Waals surface area contributed by atoms with Crippen LogP contribution in [-0.4, -0.2) is 44.4 Å². The van der Waals surface area contributed by atoms with Crippen molar-refractivity contribution in [2.24, 2.45) is 0 Å². The van der Waals surface area contributed by atoms with E-state index < -0.39 is 47.2 Å². The quantitative estimate of drug-likeness (QED) is 0.168. The normalized spacial score (nSPS) is 25.1. The maximum atomic E-state index is 6.94. The molecule has 0 N–H and O–H groups in total. The molecule has 0 saturated carbocycles. The van der Waals surface area contributed by atoms with Gasteiger partial charge in [0.05, 0.1) is 6.61 Å². The zero-order valence-corrected chi connectivity index (χ0v) is 34.9. The number of aryl methyl sites for hydroxylation is 8. The molecule has 58 heavy (non-hydrogen) atoms. The summed E-state index contributed by atoms with van der Waals surface area (Å²) in [6.45, 7) is 0.329. The Morgan fingerprint density at radius 1 is 0.466 bits per heavy atom. The largest absolute Gasteiger partial charge is 0.399 e. The van der Waals surface area contributed by atoms with E-state index in [1.165, 1.54) is 117 Å². The number of methoxy groups -OCH3 is 1. The Morgan fingerprint density at radius 2 is 0.828 bits per heavy atom. The lowest BCUT2D eigenvalue weighted by atomic mass is 9.84. The summed E-state index contributed by atoms with van der Waals surface area (Å²) in [6.07, 6.45) is 15.2. The van der Waals surface area contributed by atoms with E-state index in [9.17, 15) is 0 Å². The average molecular weight is 821 g/mol. The molecule has 0 radical (unpaired) electrons. The lowest BCUT2D eigenvalue weighted by Gasteiger charge is -2.37. The van der Waals surface area contributed by atoms with Gasteiger partial charge in [-0.2, -0.15) is 0 Å². The van der Waals surface area contributed by atoms with Crippen LogP contribution in [0.2, 0.25) is 0 Å². The van der Waals surface area contributed by atoms with Crippen LogP contribution < -0.4 is 9.05 Å². The van der Waals surface area contributed by atoms with Gasteiger partial charge in [-0.25, -0.2) is 0 Å². The highest BCUT2D eigenvalue weighted by Crippen LogP contribution is 2.47. The highest BCUT2D eigenvalue weighted by Gasteiger charge is 2.55. The Labute approximate surface area is 339 Å². The molecule has 2 fully saturated rings. The second kappa shape index (κ2) is 14.9. The van der Waals surface area contributed by atoms with Gasteiger partial charge in [0, 0.05) is 28.7 Å². The first-order chi connectivity index (χ1) is 28.7. The molecule has 302 valence electrons. The maximum absolute atomic E-state index is 6.94. The highest BCUT2D eigenvalue weighted by molar-refractivity contribution is 7.32. The van der Waals surface area contributed by atoms with E-state index in [1.54, 1.807) is 7.11 Å². The van der Waals surface area contributed by atoms with Crippen molar-refractivity contribution in [2.75, 3.05) is 13.7 Å². The minimum Gasteiger partial charge on any atom is -0.399 e. The van der Waals surface area contributed by atoms with E-state index in [-0.39, 0.29) is 0 Å². The summed E-state index contributed by atoms with van der Waals surface area (Å²) in [5, 5.41) is 4.78. The Kier molecular flexibility index (Phi) is 9.33. The molecule has 0 unspecified atom stereocenters. The van der Waals surface area contributed by atoms with Crippen LogP contribution in [0.5, 0.6) is 0 Å². The molecule has 2 bridgehead atoms. The van der Waals surface area contributed by atoms with Gasteiger partial charge in [0.15, 0.2) is 12.4 Å². The molecule has 4 aliphatic carbocycles. The summed E-state index contributed by atoms with van der Waals surface area (Å²) < 4.78 is 60.2. The smallest absolute Gasteiger partial charge is 0.387 e. The fourth-order valence-electron chi connectivity index (χ4n) is 11.1. The third-order valence-corrected chi connectivity index (χ3v) is 16.1. The molecular weight excluding hydrogens is 770 g/mol. The standard InChI is InChI=1S/C47H50O9P2/c1-48-47-46(56-58-53-37-24-20-29-12-4-8-16-33(29)42(37)43-34-17-9-5-13-30(34)21-25-38(43)54-58)45-44(39(50-47)26-49-45)55-57-51-35-22-18-27-10-2-6-14-31(27)40(35)41-32-15-7-3-11-28(32)19-23-36(41)52-57/h18-25,39,44-47H,2-17,26H2,1H3/t39-,44-,45-,46-,47+/m0/s1. The minimum atomic E-state index is -1.94. The zero-order valence-electron chi connectivity index (χ0n) is 33.1. The predicted octanol–water partition coefficient (Wildman–Crippen LogP) is 11.5. The van der Waals surface area contributed by atoms with Crippen LogP contribution >= 0.6 is 16.5 Å². The monoisotopic (exact) mass is 820 g/mol. The second-order valence-electron chi connectivity index (χ2n) is 17.2. The predicted molar refractivity (Wildman–Crippen MR) is 225 cm³/mol. The van der Waals surface area contributed by atoms with Crippen LogP contribution in [0.1, 0.15) is 95.9 Å². The van der Waals surface area contributed by atoms with Gasteiger partial charge < -0.3 is 31.0 Å². The summed E-state index contributed by atoms with van der Waals surface area (Å²) in [7, 11) is -2.19. The van der Waals surface area contributed by atoms with Crippen LogP contribution in [-0.2, 0) is 65.6 Å². The second-order valence-corrected chi connectivity index (χ2v) is 19.2. The van der Waals surface area contributed by atoms with Crippen LogP contribution in [0.15, 0.2) is 65.3 Å². The molecule has 9 nitrogen and oxygen atoms in total. The lowest BCUT2D eigenvalue weighted by Crippen LogP contribution is -2.57. The fraction of sp³-hybridized carbons (Fsp3) is 0.489. The number of ether oxygens (including phenoxy) is 3. The molecule has 2 aliphatic heterocycles. The van der Waals surface area contributed by atoms with Crippen molar-refractivity contribution in [1.29, 1.82) is 0 Å². The fourth-order valence-corrected chi connectivity index (χ4v) is 13.5. The molecule has 4 aromatic carbocycles. The third kappa shape index (κ3) is 6.06. The first kappa shape index (κ1) is 36.3. The van der Waals surface area contributed by atoms with Gasteiger partial charge in [0.25, 0.3) is 0 Å². The first-order valence-electron chi connectivity index (χ1n) is 21.7. The minimum absolute atomic E-state index is 0.329. The molecule has 0 spiro atoms. The number of rotatable bonds is 5. The van der Waals surface area contributed by atoms with Crippen LogP contribution in [0.25, 0.3) is 43.9 Å². The number of fused-ring (bicyclic) bond motifs is 16. The molecule has 5 atom stereocenters. The lowest BCUT2D eigenvalue weighted by molar-refractivity contribution is -0.232. The van der Waals surface area contributed by atoms with E-state index in [1.807, 2.05) is 0 Å². The zero-order chi connectivity index (χ0) is 38.3. The number of benzene rings is 4. The summed E-state index contributed by atoms with van der Waals surface area (Å²) >= 11 is 0. The van der Waals surface area contributed by atoms with E-state index >= 15 is 0 Å². The molecule has 2 saturated heterocycles. The van der Waals surface area contributed by atoms with Crippen LogP contribution in [0.3, 0.4) is 0 Å². The topological polar surface area (TPSA) is 98.7 Å². The van der Waals surface area contributed by atoms with Crippen molar-refractivity contribution in [3.63, 3.8) is 0 Å². The number of hydrogen-bond donors (Lipinski definition) is 0. The van der Waals surface area contributed by atoms with E-state index in [4.69, 9.17) is 40.0 Å². The van der Waals surface area contributed by atoms with Crippen molar-refractivity contribution in [2.45, 2.75) is 133 Å². The van der Waals surface area contributed by atoms with Crippen molar-refractivity contribution in [3.8, 4) is 0 Å². The van der Waals surface area contributed by atoms with Crippen LogP contribution in [0, 0.1) is 0 Å².